The molecule has 2 aromatic heterocycles. The Morgan fingerprint density at radius 3 is 2.68 bits per heavy atom. The van der Waals surface area contributed by atoms with E-state index in [2.05, 4.69) is 20.6 Å². The molecule has 8 nitrogen and oxygen atoms in total. The molecule has 2 rings (SSSR count). The highest BCUT2D eigenvalue weighted by atomic mass is 127. The fourth-order valence-electron chi connectivity index (χ4n) is 2.65. The molecule has 2 heterocycles. The summed E-state index contributed by atoms with van der Waals surface area (Å²) in [6.45, 7) is 10.5. The Labute approximate surface area is 201 Å². The third-order valence-electron chi connectivity index (χ3n) is 3.96. The maximum Gasteiger partial charge on any atom is 0.410 e. The number of carbonyl (C=O) groups is 1. The van der Waals surface area contributed by atoms with Crippen LogP contribution in [0.15, 0.2) is 52.3 Å². The van der Waals surface area contributed by atoms with Crippen molar-refractivity contribution < 1.29 is 13.9 Å². The number of amides is 1. The van der Waals surface area contributed by atoms with Crippen molar-refractivity contribution in [3.05, 3.63) is 54.2 Å². The highest BCUT2D eigenvalue weighted by Gasteiger charge is 2.22. The van der Waals surface area contributed by atoms with Gasteiger partial charge in [-0.1, -0.05) is 6.07 Å². The number of aromatic nitrogens is 1. The second-order valence-corrected chi connectivity index (χ2v) is 7.82. The number of aliphatic imine (C=N–C) groups is 1. The molecule has 0 unspecified atom stereocenters. The maximum atomic E-state index is 12.6. The molecule has 0 fully saturated rings. The highest BCUT2D eigenvalue weighted by Crippen LogP contribution is 2.12. The number of halogens is 1. The van der Waals surface area contributed by atoms with Crippen molar-refractivity contribution in [3.63, 3.8) is 0 Å². The predicted octanol–water partition coefficient (Wildman–Crippen LogP) is 4.18. The lowest BCUT2D eigenvalue weighted by atomic mass is 10.2. The van der Waals surface area contributed by atoms with Gasteiger partial charge in [-0.25, -0.2) is 9.79 Å². The van der Waals surface area contributed by atoms with Gasteiger partial charge in [-0.2, -0.15) is 0 Å². The molecule has 2 N–H and O–H groups in total. The smallest absolute Gasteiger partial charge is 0.410 e. The molecule has 9 heteroatoms. The van der Waals surface area contributed by atoms with Crippen LogP contribution in [0.1, 0.15) is 45.4 Å². The minimum Gasteiger partial charge on any atom is -0.467 e. The molecule has 1 amide bonds. The lowest BCUT2D eigenvalue weighted by Gasteiger charge is -2.27. The maximum absolute atomic E-state index is 12.6. The quantitative estimate of drug-likeness (QED) is 0.214. The van der Waals surface area contributed by atoms with E-state index < -0.39 is 5.60 Å². The number of pyridine rings is 1. The van der Waals surface area contributed by atoms with Crippen LogP contribution in [0, 0.1) is 0 Å². The summed E-state index contributed by atoms with van der Waals surface area (Å²) < 4.78 is 10.9. The number of ether oxygens (including phenoxy) is 1. The number of guanidine groups is 1. The zero-order chi connectivity index (χ0) is 21.8. The molecule has 31 heavy (non-hydrogen) atoms. The average molecular weight is 543 g/mol. The summed E-state index contributed by atoms with van der Waals surface area (Å²) in [5.74, 6) is 1.52. The second kappa shape index (κ2) is 13.9. The Kier molecular flexibility index (Phi) is 12.0. The van der Waals surface area contributed by atoms with Gasteiger partial charge < -0.3 is 24.7 Å². The Hall–Kier alpha value is -2.30. The zero-order valence-electron chi connectivity index (χ0n) is 18.8. The van der Waals surface area contributed by atoms with Crippen LogP contribution in [0.3, 0.4) is 0 Å². The number of furan rings is 1. The molecule has 0 saturated carbocycles. The molecule has 0 aliphatic carbocycles. The normalized spacial score (nSPS) is 11.4. The Bertz CT molecular complexity index is 776. The van der Waals surface area contributed by atoms with Gasteiger partial charge in [-0.05, 0) is 57.9 Å². The van der Waals surface area contributed by atoms with Crippen molar-refractivity contribution in [1.29, 1.82) is 0 Å². The summed E-state index contributed by atoms with van der Waals surface area (Å²) in [6, 6.07) is 7.55. The Morgan fingerprint density at radius 2 is 2.06 bits per heavy atom. The van der Waals surface area contributed by atoms with E-state index in [1.807, 2.05) is 52.0 Å². The molecule has 0 aliphatic rings. The van der Waals surface area contributed by atoms with Crippen molar-refractivity contribution in [2.24, 2.45) is 4.99 Å². The molecule has 2 aromatic rings. The van der Waals surface area contributed by atoms with Crippen molar-refractivity contribution in [1.82, 2.24) is 20.5 Å². The fraction of sp³-hybridized carbons (Fsp3) is 0.500. The first-order valence-electron chi connectivity index (χ1n) is 10.3. The molecule has 0 radical (unpaired) electrons. The molecular weight excluding hydrogens is 509 g/mol. The summed E-state index contributed by atoms with van der Waals surface area (Å²) in [5, 5.41) is 6.51. The van der Waals surface area contributed by atoms with Gasteiger partial charge in [0.05, 0.1) is 12.8 Å². The molecular formula is C22H34IN5O3. The van der Waals surface area contributed by atoms with Crippen LogP contribution >= 0.6 is 24.0 Å². The fourth-order valence-corrected chi connectivity index (χ4v) is 2.65. The molecule has 172 valence electrons. The summed E-state index contributed by atoms with van der Waals surface area (Å²) in [6.07, 6.45) is 5.53. The van der Waals surface area contributed by atoms with Gasteiger partial charge in [0.15, 0.2) is 5.96 Å². The van der Waals surface area contributed by atoms with Crippen LogP contribution in [0.25, 0.3) is 0 Å². The van der Waals surface area contributed by atoms with Crippen LogP contribution in [-0.4, -0.2) is 47.2 Å². The minimum absolute atomic E-state index is 0. The standard InChI is InChI=1S/C22H33N5O3.HI/c1-5-24-20(26-16-19-10-7-14-29-19)25-12-8-13-27(21(28)30-22(2,3)4)17-18-9-6-11-23-15-18;/h6-7,9-11,14-15H,5,8,12-13,16-17H2,1-4H3,(H2,24,25,26);1H. The third-order valence-corrected chi connectivity index (χ3v) is 3.96. The Balaban J connectivity index is 0.00000480. The van der Waals surface area contributed by atoms with E-state index in [1.165, 1.54) is 0 Å². The van der Waals surface area contributed by atoms with Crippen molar-refractivity contribution in [2.75, 3.05) is 19.6 Å². The number of carbonyl (C=O) groups excluding carboxylic acids is 1. The van der Waals surface area contributed by atoms with E-state index in [4.69, 9.17) is 9.15 Å². The molecule has 0 aliphatic heterocycles. The second-order valence-electron chi connectivity index (χ2n) is 7.82. The minimum atomic E-state index is -0.542. The van der Waals surface area contributed by atoms with Gasteiger partial charge in [0, 0.05) is 32.0 Å². The lowest BCUT2D eigenvalue weighted by molar-refractivity contribution is 0.0232. The van der Waals surface area contributed by atoms with Gasteiger partial charge in [-0.15, -0.1) is 24.0 Å². The number of rotatable bonds is 9. The van der Waals surface area contributed by atoms with E-state index in [9.17, 15) is 4.79 Å². The summed E-state index contributed by atoms with van der Waals surface area (Å²) >= 11 is 0. The van der Waals surface area contributed by atoms with E-state index in [0.29, 0.717) is 32.1 Å². The molecule has 0 bridgehead atoms. The molecule has 0 aromatic carbocycles. The van der Waals surface area contributed by atoms with Crippen LogP contribution in [0.5, 0.6) is 0 Å². The highest BCUT2D eigenvalue weighted by molar-refractivity contribution is 14.0. The van der Waals surface area contributed by atoms with E-state index in [1.54, 1.807) is 23.6 Å². The number of hydrogen-bond acceptors (Lipinski definition) is 5. The summed E-state index contributed by atoms with van der Waals surface area (Å²) in [4.78, 5) is 23.0. The summed E-state index contributed by atoms with van der Waals surface area (Å²) in [7, 11) is 0. The summed E-state index contributed by atoms with van der Waals surface area (Å²) in [5.41, 5.74) is 0.420. The van der Waals surface area contributed by atoms with E-state index in [0.717, 1.165) is 24.3 Å². The first kappa shape index (κ1) is 26.7. The van der Waals surface area contributed by atoms with Gasteiger partial charge >= 0.3 is 6.09 Å². The van der Waals surface area contributed by atoms with E-state index >= 15 is 0 Å². The monoisotopic (exact) mass is 543 g/mol. The van der Waals surface area contributed by atoms with Crippen molar-refractivity contribution in [3.8, 4) is 0 Å². The largest absolute Gasteiger partial charge is 0.467 e. The molecule has 0 atom stereocenters. The van der Waals surface area contributed by atoms with E-state index in [-0.39, 0.29) is 30.1 Å². The predicted molar refractivity (Wildman–Crippen MR) is 132 cm³/mol. The van der Waals surface area contributed by atoms with Gasteiger partial charge in [0.25, 0.3) is 0 Å². The number of nitrogens with one attached hydrogen (secondary N) is 2. The third kappa shape index (κ3) is 11.0. The van der Waals surface area contributed by atoms with Crippen LogP contribution in [-0.2, 0) is 17.8 Å². The zero-order valence-corrected chi connectivity index (χ0v) is 21.1. The van der Waals surface area contributed by atoms with Crippen molar-refractivity contribution in [2.45, 2.75) is 52.8 Å². The SMILES string of the molecule is CCNC(=NCc1ccco1)NCCCN(Cc1cccnc1)C(=O)OC(C)(C)C.I. The number of hydrogen-bond donors (Lipinski definition) is 2. The first-order chi connectivity index (χ1) is 14.4. The van der Waals surface area contributed by atoms with Crippen LogP contribution in [0.4, 0.5) is 4.79 Å². The van der Waals surface area contributed by atoms with Gasteiger partial charge in [-0.3, -0.25) is 4.98 Å². The van der Waals surface area contributed by atoms with Crippen molar-refractivity contribution >= 4 is 36.0 Å². The molecule has 0 spiro atoms. The topological polar surface area (TPSA) is 92.0 Å². The lowest BCUT2D eigenvalue weighted by Crippen LogP contribution is -2.40. The average Bonchev–Trinajstić information content (AvgIpc) is 3.21. The van der Waals surface area contributed by atoms with Crippen LogP contribution < -0.4 is 10.6 Å². The van der Waals surface area contributed by atoms with Gasteiger partial charge in [0.2, 0.25) is 0 Å². The Morgan fingerprint density at radius 1 is 1.26 bits per heavy atom. The first-order valence-corrected chi connectivity index (χ1v) is 10.3. The number of nitrogens with zero attached hydrogens (tertiary/aromatic N) is 3. The molecule has 0 saturated heterocycles. The van der Waals surface area contributed by atoms with Gasteiger partial charge in [0.1, 0.15) is 17.9 Å². The van der Waals surface area contributed by atoms with Crippen LogP contribution in [0.2, 0.25) is 0 Å².